The van der Waals surface area contributed by atoms with Crippen LogP contribution in [0.4, 0.5) is 0 Å². The first kappa shape index (κ1) is 12.9. The lowest BCUT2D eigenvalue weighted by Crippen LogP contribution is -2.32. The smallest absolute Gasteiger partial charge is 0.251 e. The van der Waals surface area contributed by atoms with Gasteiger partial charge in [0, 0.05) is 12.1 Å². The van der Waals surface area contributed by atoms with E-state index in [4.69, 9.17) is 5.73 Å². The molecule has 2 aromatic rings. The number of amides is 1. The quantitative estimate of drug-likeness (QED) is 0.876. The van der Waals surface area contributed by atoms with Crippen LogP contribution in [0.2, 0.25) is 0 Å². The summed E-state index contributed by atoms with van der Waals surface area (Å²) in [5.41, 5.74) is 11.4. The molecule has 1 aliphatic heterocycles. The number of nitrogens with one attached hydrogen (secondary N) is 1. The van der Waals surface area contributed by atoms with Gasteiger partial charge in [0.2, 0.25) is 0 Å². The molecule has 3 heteroatoms. The summed E-state index contributed by atoms with van der Waals surface area (Å²) in [6.45, 7) is 2.77. The van der Waals surface area contributed by atoms with E-state index < -0.39 is 0 Å². The van der Waals surface area contributed by atoms with E-state index in [-0.39, 0.29) is 11.9 Å². The number of benzene rings is 2. The normalized spacial score (nSPS) is 15.4. The lowest BCUT2D eigenvalue weighted by Gasteiger charge is -2.19. The van der Waals surface area contributed by atoms with Gasteiger partial charge in [-0.1, -0.05) is 42.0 Å². The minimum absolute atomic E-state index is 0.00389. The lowest BCUT2D eigenvalue weighted by molar-refractivity contribution is 0.0946. The zero-order valence-corrected chi connectivity index (χ0v) is 11.5. The highest BCUT2D eigenvalue weighted by molar-refractivity contribution is 5.96. The monoisotopic (exact) mass is 266 g/mol. The first-order valence-electron chi connectivity index (χ1n) is 6.88. The number of carbonyl (C=O) groups excluding carboxylic acids is 1. The Bertz CT molecular complexity index is 647. The molecule has 0 aromatic heterocycles. The topological polar surface area (TPSA) is 55.1 Å². The Labute approximate surface area is 118 Å². The van der Waals surface area contributed by atoms with Gasteiger partial charge in [-0.2, -0.15) is 0 Å². The molecule has 1 atom stereocenters. The summed E-state index contributed by atoms with van der Waals surface area (Å²) in [6, 6.07) is 14.0. The Hall–Kier alpha value is -2.13. The fraction of sp³-hybridized carbons (Fsp3) is 0.235. The third kappa shape index (κ3) is 2.32. The molecule has 20 heavy (non-hydrogen) atoms. The molecule has 0 bridgehead atoms. The molecule has 3 N–H and O–H groups in total. The van der Waals surface area contributed by atoms with E-state index in [1.165, 1.54) is 5.56 Å². The number of rotatable bonds is 2. The van der Waals surface area contributed by atoms with E-state index in [9.17, 15) is 4.79 Å². The Balaban J connectivity index is 1.96. The summed E-state index contributed by atoms with van der Waals surface area (Å²) in [5.74, 6) is 0.00389. The third-order valence-electron chi connectivity index (χ3n) is 3.85. The van der Waals surface area contributed by atoms with Gasteiger partial charge in [0.1, 0.15) is 0 Å². The third-order valence-corrected chi connectivity index (χ3v) is 3.85. The van der Waals surface area contributed by atoms with E-state index >= 15 is 0 Å². The molecule has 0 fully saturated rings. The Morgan fingerprint density at radius 1 is 1.10 bits per heavy atom. The van der Waals surface area contributed by atoms with Crippen LogP contribution in [0, 0.1) is 6.92 Å². The summed E-state index contributed by atoms with van der Waals surface area (Å²) in [6.07, 6.45) is 0.890. The van der Waals surface area contributed by atoms with E-state index in [0.717, 1.165) is 35.2 Å². The van der Waals surface area contributed by atoms with Crippen molar-refractivity contribution in [2.45, 2.75) is 19.4 Å². The fourth-order valence-corrected chi connectivity index (χ4v) is 2.59. The SMILES string of the molecule is Cc1ccc(C(N)c2ccc3c(c2)C(=O)NCC3)cc1. The molecule has 1 heterocycles. The summed E-state index contributed by atoms with van der Waals surface area (Å²) in [4.78, 5) is 11.9. The van der Waals surface area contributed by atoms with E-state index in [1.807, 2.05) is 30.3 Å². The number of nitrogens with two attached hydrogens (primary N) is 1. The molecule has 0 saturated heterocycles. The number of hydrogen-bond acceptors (Lipinski definition) is 2. The number of aryl methyl sites for hydroxylation is 1. The van der Waals surface area contributed by atoms with Crippen molar-refractivity contribution in [3.05, 3.63) is 70.3 Å². The van der Waals surface area contributed by atoms with Crippen LogP contribution >= 0.6 is 0 Å². The molecule has 0 aliphatic carbocycles. The summed E-state index contributed by atoms with van der Waals surface area (Å²) >= 11 is 0. The average Bonchev–Trinajstić information content (AvgIpc) is 2.47. The van der Waals surface area contributed by atoms with Gasteiger partial charge in [-0.05, 0) is 36.1 Å². The van der Waals surface area contributed by atoms with Gasteiger partial charge in [0.25, 0.3) is 5.91 Å². The maximum absolute atomic E-state index is 11.9. The second-order valence-electron chi connectivity index (χ2n) is 5.31. The van der Waals surface area contributed by atoms with Gasteiger partial charge in [-0.15, -0.1) is 0 Å². The fourth-order valence-electron chi connectivity index (χ4n) is 2.59. The standard InChI is InChI=1S/C17H18N2O/c1-11-2-4-13(5-3-11)16(18)14-7-6-12-8-9-19-17(20)15(12)10-14/h2-7,10,16H,8-9,18H2,1H3,(H,19,20). The van der Waals surface area contributed by atoms with E-state index in [2.05, 4.69) is 24.4 Å². The molecule has 1 aliphatic rings. The largest absolute Gasteiger partial charge is 0.352 e. The molecular formula is C17H18N2O. The summed E-state index contributed by atoms with van der Waals surface area (Å²) in [7, 11) is 0. The van der Waals surface area contributed by atoms with Crippen molar-refractivity contribution in [3.63, 3.8) is 0 Å². The Kier molecular flexibility index (Phi) is 3.28. The number of fused-ring (bicyclic) bond motifs is 1. The lowest BCUT2D eigenvalue weighted by atomic mass is 9.92. The predicted molar refractivity (Wildman–Crippen MR) is 79.7 cm³/mol. The molecule has 3 rings (SSSR count). The van der Waals surface area contributed by atoms with Crippen LogP contribution in [0.5, 0.6) is 0 Å². The first-order chi connectivity index (χ1) is 9.65. The highest BCUT2D eigenvalue weighted by atomic mass is 16.1. The molecule has 1 unspecified atom stereocenters. The zero-order valence-electron chi connectivity index (χ0n) is 11.5. The van der Waals surface area contributed by atoms with Gasteiger partial charge in [-0.25, -0.2) is 0 Å². The molecule has 3 nitrogen and oxygen atoms in total. The minimum Gasteiger partial charge on any atom is -0.352 e. The van der Waals surface area contributed by atoms with Crippen molar-refractivity contribution < 1.29 is 4.79 Å². The van der Waals surface area contributed by atoms with E-state index in [0.29, 0.717) is 0 Å². The Morgan fingerprint density at radius 3 is 2.55 bits per heavy atom. The van der Waals surface area contributed by atoms with Crippen LogP contribution in [0.15, 0.2) is 42.5 Å². The van der Waals surface area contributed by atoms with Gasteiger partial charge >= 0.3 is 0 Å². The molecule has 2 aromatic carbocycles. The molecule has 102 valence electrons. The van der Waals surface area contributed by atoms with Crippen molar-refractivity contribution in [1.29, 1.82) is 0 Å². The zero-order chi connectivity index (χ0) is 14.1. The molecule has 0 radical (unpaired) electrons. The van der Waals surface area contributed by atoms with Gasteiger partial charge in [0.05, 0.1) is 6.04 Å². The van der Waals surface area contributed by atoms with Gasteiger partial charge in [-0.3, -0.25) is 4.79 Å². The van der Waals surface area contributed by atoms with Crippen LogP contribution in [-0.2, 0) is 6.42 Å². The average molecular weight is 266 g/mol. The number of carbonyl (C=O) groups is 1. The van der Waals surface area contributed by atoms with Crippen LogP contribution in [0.1, 0.15) is 38.7 Å². The maximum atomic E-state index is 11.9. The second kappa shape index (κ2) is 5.10. The highest BCUT2D eigenvalue weighted by Gasteiger charge is 2.18. The molecule has 1 amide bonds. The van der Waals surface area contributed by atoms with Crippen LogP contribution in [-0.4, -0.2) is 12.5 Å². The van der Waals surface area contributed by atoms with Crippen molar-refractivity contribution in [1.82, 2.24) is 5.32 Å². The minimum atomic E-state index is -0.198. The van der Waals surface area contributed by atoms with Crippen molar-refractivity contribution in [2.24, 2.45) is 5.73 Å². The van der Waals surface area contributed by atoms with Crippen LogP contribution < -0.4 is 11.1 Å². The first-order valence-corrected chi connectivity index (χ1v) is 6.88. The molecular weight excluding hydrogens is 248 g/mol. The summed E-state index contributed by atoms with van der Waals surface area (Å²) < 4.78 is 0. The maximum Gasteiger partial charge on any atom is 0.251 e. The van der Waals surface area contributed by atoms with E-state index in [1.54, 1.807) is 0 Å². The second-order valence-corrected chi connectivity index (χ2v) is 5.31. The number of hydrogen-bond donors (Lipinski definition) is 2. The van der Waals surface area contributed by atoms with Gasteiger partial charge in [0.15, 0.2) is 0 Å². The predicted octanol–water partition coefficient (Wildman–Crippen LogP) is 2.33. The van der Waals surface area contributed by atoms with Crippen molar-refractivity contribution in [2.75, 3.05) is 6.54 Å². The Morgan fingerprint density at radius 2 is 1.80 bits per heavy atom. The molecule has 0 spiro atoms. The van der Waals surface area contributed by atoms with Gasteiger partial charge < -0.3 is 11.1 Å². The van der Waals surface area contributed by atoms with Crippen LogP contribution in [0.3, 0.4) is 0 Å². The molecule has 0 saturated carbocycles. The van der Waals surface area contributed by atoms with Crippen molar-refractivity contribution >= 4 is 5.91 Å². The van der Waals surface area contributed by atoms with Crippen LogP contribution in [0.25, 0.3) is 0 Å². The highest BCUT2D eigenvalue weighted by Crippen LogP contribution is 2.24. The van der Waals surface area contributed by atoms with Crippen molar-refractivity contribution in [3.8, 4) is 0 Å². The summed E-state index contributed by atoms with van der Waals surface area (Å²) in [5, 5.41) is 2.87.